The summed E-state index contributed by atoms with van der Waals surface area (Å²) in [6, 6.07) is 6.24. The van der Waals surface area contributed by atoms with E-state index >= 15 is 0 Å². The minimum Gasteiger partial charge on any atom is -0.394 e. The van der Waals surface area contributed by atoms with E-state index in [1.54, 1.807) is 30.9 Å². The van der Waals surface area contributed by atoms with Crippen LogP contribution in [0.15, 0.2) is 58.6 Å². The van der Waals surface area contributed by atoms with Gasteiger partial charge in [0.1, 0.15) is 5.82 Å². The average molecular weight is 524 g/mol. The van der Waals surface area contributed by atoms with Crippen LogP contribution in [-0.2, 0) is 16.6 Å². The maximum absolute atomic E-state index is 12.5. The third-order valence-corrected chi connectivity index (χ3v) is 6.72. The first-order valence-electron chi connectivity index (χ1n) is 10.1. The summed E-state index contributed by atoms with van der Waals surface area (Å²) < 4.78 is 30.2. The molecule has 0 aliphatic rings. The molecule has 4 N–H and O–H groups in total. The standard InChI is InChI=1S/C20H26BrN7O3S/c1-2-15(13-29)25-19-18(21)12-23-20(27-19)26-16-4-6-17(7-5-16)32(30,31)24-8-3-10-28-11-9-22-14-28/h4-7,9,11-12,14-15,24,29H,2-3,8,10,13H2,1H3,(H2,23,25,26,27)/t15-/m1/s1. The number of hydrogen-bond acceptors (Lipinski definition) is 8. The summed E-state index contributed by atoms with van der Waals surface area (Å²) in [6.45, 7) is 2.97. The fourth-order valence-electron chi connectivity index (χ4n) is 2.82. The summed E-state index contributed by atoms with van der Waals surface area (Å²) in [4.78, 5) is 12.8. The minimum atomic E-state index is -3.60. The molecule has 0 fully saturated rings. The first-order valence-corrected chi connectivity index (χ1v) is 12.4. The first-order chi connectivity index (χ1) is 15.4. The largest absolute Gasteiger partial charge is 0.394 e. The molecule has 0 saturated carbocycles. The van der Waals surface area contributed by atoms with Crippen molar-refractivity contribution in [2.45, 2.75) is 37.2 Å². The highest BCUT2D eigenvalue weighted by Crippen LogP contribution is 2.23. The van der Waals surface area contributed by atoms with Crippen LogP contribution in [0.1, 0.15) is 19.8 Å². The van der Waals surface area contributed by atoms with Crippen LogP contribution in [0.25, 0.3) is 0 Å². The number of anilines is 3. The molecule has 0 bridgehead atoms. The Hall–Kier alpha value is -2.54. The van der Waals surface area contributed by atoms with Gasteiger partial charge in [-0.3, -0.25) is 0 Å². The van der Waals surface area contributed by atoms with Gasteiger partial charge in [-0.05, 0) is 53.0 Å². The van der Waals surface area contributed by atoms with Gasteiger partial charge in [0.05, 0.1) is 28.3 Å². The molecule has 1 aromatic carbocycles. The molecule has 2 aromatic heterocycles. The van der Waals surface area contributed by atoms with Crippen molar-refractivity contribution in [3.05, 3.63) is 53.7 Å². The van der Waals surface area contributed by atoms with Crippen molar-refractivity contribution in [2.75, 3.05) is 23.8 Å². The number of aliphatic hydroxyl groups excluding tert-OH is 1. The van der Waals surface area contributed by atoms with Crippen LogP contribution in [0, 0.1) is 0 Å². The highest BCUT2D eigenvalue weighted by molar-refractivity contribution is 9.10. The maximum atomic E-state index is 12.5. The topological polar surface area (TPSA) is 134 Å². The molecular formula is C20H26BrN7O3S. The number of imidazole rings is 1. The number of nitrogens with one attached hydrogen (secondary N) is 3. The van der Waals surface area contributed by atoms with Crippen LogP contribution in [0.3, 0.4) is 0 Å². The van der Waals surface area contributed by atoms with E-state index in [1.807, 2.05) is 17.7 Å². The van der Waals surface area contributed by atoms with Gasteiger partial charge in [-0.2, -0.15) is 4.98 Å². The second-order valence-electron chi connectivity index (χ2n) is 7.02. The predicted octanol–water partition coefficient (Wildman–Crippen LogP) is 2.73. The lowest BCUT2D eigenvalue weighted by atomic mass is 10.2. The van der Waals surface area contributed by atoms with Crippen LogP contribution in [-0.4, -0.2) is 52.2 Å². The molecule has 2 heterocycles. The van der Waals surface area contributed by atoms with E-state index in [2.05, 4.69) is 46.2 Å². The van der Waals surface area contributed by atoms with Crippen LogP contribution < -0.4 is 15.4 Å². The van der Waals surface area contributed by atoms with E-state index in [-0.39, 0.29) is 17.5 Å². The van der Waals surface area contributed by atoms with Gasteiger partial charge in [0.2, 0.25) is 16.0 Å². The van der Waals surface area contributed by atoms with E-state index in [1.165, 1.54) is 12.1 Å². The Morgan fingerprint density at radius 2 is 2.03 bits per heavy atom. The molecule has 0 unspecified atom stereocenters. The third kappa shape index (κ3) is 6.73. The fraction of sp³-hybridized carbons (Fsp3) is 0.350. The van der Waals surface area contributed by atoms with Crippen molar-refractivity contribution < 1.29 is 13.5 Å². The zero-order chi connectivity index (χ0) is 23.0. The number of aryl methyl sites for hydroxylation is 1. The fourth-order valence-corrected chi connectivity index (χ4v) is 4.20. The number of nitrogens with zero attached hydrogens (tertiary/aromatic N) is 4. The number of rotatable bonds is 12. The van der Waals surface area contributed by atoms with Crippen LogP contribution in [0.5, 0.6) is 0 Å². The SMILES string of the molecule is CC[C@H](CO)Nc1nc(Nc2ccc(S(=O)(=O)NCCCn3ccnc3)cc2)ncc1Br. The molecule has 3 aromatic rings. The summed E-state index contributed by atoms with van der Waals surface area (Å²) >= 11 is 3.40. The van der Waals surface area contributed by atoms with E-state index in [0.29, 0.717) is 41.4 Å². The zero-order valence-corrected chi connectivity index (χ0v) is 20.0. The Bertz CT molecular complexity index is 1090. The van der Waals surface area contributed by atoms with Crippen molar-refractivity contribution in [1.29, 1.82) is 0 Å². The van der Waals surface area contributed by atoms with Gasteiger partial charge in [-0.25, -0.2) is 23.1 Å². The van der Waals surface area contributed by atoms with Crippen LogP contribution >= 0.6 is 15.9 Å². The Kier molecular flexibility index (Phi) is 8.56. The second-order valence-corrected chi connectivity index (χ2v) is 9.64. The van der Waals surface area contributed by atoms with Crippen LogP contribution in [0.4, 0.5) is 17.5 Å². The summed E-state index contributed by atoms with van der Waals surface area (Å²) in [6.07, 6.45) is 8.22. The molecule has 0 saturated heterocycles. The van der Waals surface area contributed by atoms with E-state index in [0.717, 1.165) is 6.42 Å². The van der Waals surface area contributed by atoms with Gasteiger partial charge in [0, 0.05) is 37.4 Å². The average Bonchev–Trinajstić information content (AvgIpc) is 3.31. The number of aromatic nitrogens is 4. The van der Waals surface area contributed by atoms with Gasteiger partial charge >= 0.3 is 0 Å². The lowest BCUT2D eigenvalue weighted by Crippen LogP contribution is -2.25. The molecule has 172 valence electrons. The molecule has 1 atom stereocenters. The number of halogens is 1. The minimum absolute atomic E-state index is 0.0107. The van der Waals surface area contributed by atoms with Gasteiger partial charge in [-0.1, -0.05) is 6.92 Å². The van der Waals surface area contributed by atoms with Crippen molar-refractivity contribution in [1.82, 2.24) is 24.2 Å². The zero-order valence-electron chi connectivity index (χ0n) is 17.6. The lowest BCUT2D eigenvalue weighted by Gasteiger charge is -2.16. The van der Waals surface area contributed by atoms with E-state index in [4.69, 9.17) is 0 Å². The Morgan fingerprint density at radius 3 is 2.69 bits per heavy atom. The maximum Gasteiger partial charge on any atom is 0.240 e. The van der Waals surface area contributed by atoms with Gasteiger partial charge in [-0.15, -0.1) is 0 Å². The van der Waals surface area contributed by atoms with Crippen molar-refractivity contribution in [3.63, 3.8) is 0 Å². The second kappa shape index (κ2) is 11.4. The molecule has 3 rings (SSSR count). The number of benzene rings is 1. The summed E-state index contributed by atoms with van der Waals surface area (Å²) in [5.74, 6) is 0.902. The van der Waals surface area contributed by atoms with Crippen molar-refractivity contribution in [2.24, 2.45) is 0 Å². The molecule has 0 aliphatic heterocycles. The Morgan fingerprint density at radius 1 is 1.25 bits per heavy atom. The number of sulfonamides is 1. The van der Waals surface area contributed by atoms with Crippen molar-refractivity contribution >= 4 is 43.4 Å². The van der Waals surface area contributed by atoms with Gasteiger partial charge in [0.25, 0.3) is 0 Å². The number of hydrogen-bond donors (Lipinski definition) is 4. The van der Waals surface area contributed by atoms with E-state index in [9.17, 15) is 13.5 Å². The molecule has 0 aliphatic carbocycles. The molecule has 10 nitrogen and oxygen atoms in total. The number of aliphatic hydroxyl groups is 1. The molecule has 0 spiro atoms. The highest BCUT2D eigenvalue weighted by atomic mass is 79.9. The highest BCUT2D eigenvalue weighted by Gasteiger charge is 2.14. The van der Waals surface area contributed by atoms with Gasteiger partial charge in [0.15, 0.2) is 0 Å². The summed E-state index contributed by atoms with van der Waals surface area (Å²) in [5, 5.41) is 15.6. The van der Waals surface area contributed by atoms with Crippen molar-refractivity contribution in [3.8, 4) is 0 Å². The monoisotopic (exact) mass is 523 g/mol. The normalized spacial score (nSPS) is 12.5. The molecular weight excluding hydrogens is 498 g/mol. The summed E-state index contributed by atoms with van der Waals surface area (Å²) in [5.41, 5.74) is 0.645. The molecule has 0 amide bonds. The summed E-state index contributed by atoms with van der Waals surface area (Å²) in [7, 11) is -3.60. The lowest BCUT2D eigenvalue weighted by molar-refractivity contribution is 0.271. The molecule has 0 radical (unpaired) electrons. The first kappa shape index (κ1) is 24.1. The Balaban J connectivity index is 1.59. The third-order valence-electron chi connectivity index (χ3n) is 4.66. The smallest absolute Gasteiger partial charge is 0.240 e. The van der Waals surface area contributed by atoms with Crippen LogP contribution in [0.2, 0.25) is 0 Å². The Labute approximate surface area is 195 Å². The predicted molar refractivity (Wildman–Crippen MR) is 126 cm³/mol. The molecule has 32 heavy (non-hydrogen) atoms. The molecule has 12 heteroatoms. The quantitative estimate of drug-likeness (QED) is 0.266. The van der Waals surface area contributed by atoms with E-state index < -0.39 is 10.0 Å². The van der Waals surface area contributed by atoms with Gasteiger partial charge < -0.3 is 20.3 Å².